The highest BCUT2D eigenvalue weighted by Crippen LogP contribution is 2.31. The van der Waals surface area contributed by atoms with Gasteiger partial charge in [0.2, 0.25) is 6.41 Å². The molecular weight excluding hydrogens is 278 g/mol. The second-order valence-corrected chi connectivity index (χ2v) is 5.16. The van der Waals surface area contributed by atoms with Crippen LogP contribution in [0.25, 0.3) is 27.7 Å². The number of carbonyl (C=O) groups excluding carboxylic acids is 1. The summed E-state index contributed by atoms with van der Waals surface area (Å²) in [5, 5.41) is 10.8. The Bertz CT molecular complexity index is 998. The number of rotatable bonds is 3. The minimum absolute atomic E-state index is 0.533. The van der Waals surface area contributed by atoms with Gasteiger partial charge in [0.1, 0.15) is 5.65 Å². The fourth-order valence-electron chi connectivity index (χ4n) is 2.78. The molecule has 0 aliphatic carbocycles. The van der Waals surface area contributed by atoms with Crippen LogP contribution < -0.4 is 5.32 Å². The van der Waals surface area contributed by atoms with E-state index in [1.807, 2.05) is 35.0 Å². The third-order valence-corrected chi connectivity index (χ3v) is 3.78. The van der Waals surface area contributed by atoms with Gasteiger partial charge >= 0.3 is 0 Å². The molecular formula is C16H13N5O. The van der Waals surface area contributed by atoms with Crippen LogP contribution in [0.5, 0.6) is 0 Å². The van der Waals surface area contributed by atoms with Crippen molar-refractivity contribution in [2.24, 2.45) is 0 Å². The average Bonchev–Trinajstić information content (AvgIpc) is 3.12. The van der Waals surface area contributed by atoms with Crippen molar-refractivity contribution in [3.8, 4) is 11.1 Å². The van der Waals surface area contributed by atoms with Gasteiger partial charge in [0.05, 0.1) is 17.9 Å². The van der Waals surface area contributed by atoms with Crippen molar-refractivity contribution >= 4 is 28.8 Å². The Labute approximate surface area is 125 Å². The number of nitrogens with zero attached hydrogens (tertiary/aromatic N) is 3. The van der Waals surface area contributed by atoms with E-state index in [1.165, 1.54) is 5.56 Å². The van der Waals surface area contributed by atoms with E-state index in [2.05, 4.69) is 33.5 Å². The molecule has 4 aromatic rings. The molecule has 0 aliphatic rings. The largest absolute Gasteiger partial charge is 0.312 e. The van der Waals surface area contributed by atoms with E-state index in [9.17, 15) is 4.79 Å². The van der Waals surface area contributed by atoms with Crippen molar-refractivity contribution in [3.63, 3.8) is 0 Å². The van der Waals surface area contributed by atoms with E-state index >= 15 is 0 Å². The molecule has 0 aliphatic heterocycles. The Morgan fingerprint density at radius 2 is 2.14 bits per heavy atom. The number of benzene rings is 1. The molecule has 0 unspecified atom stereocenters. The first kappa shape index (κ1) is 12.6. The SMILES string of the molecule is Cc1ccc2[nH]ncc2c1-c1ccc2nc(NC=O)cn2c1. The predicted octanol–water partition coefficient (Wildman–Crippen LogP) is 2.75. The van der Waals surface area contributed by atoms with Crippen LogP contribution in [0.2, 0.25) is 0 Å². The van der Waals surface area contributed by atoms with Crippen molar-refractivity contribution < 1.29 is 4.79 Å². The monoisotopic (exact) mass is 291 g/mol. The first-order valence-corrected chi connectivity index (χ1v) is 6.88. The number of anilines is 1. The second-order valence-electron chi connectivity index (χ2n) is 5.16. The van der Waals surface area contributed by atoms with E-state index < -0.39 is 0 Å². The van der Waals surface area contributed by atoms with Crippen LogP contribution in [0, 0.1) is 6.92 Å². The molecule has 0 atom stereocenters. The molecule has 3 heterocycles. The van der Waals surface area contributed by atoms with Gasteiger partial charge in [-0.1, -0.05) is 6.07 Å². The molecule has 108 valence electrons. The van der Waals surface area contributed by atoms with Gasteiger partial charge in [-0.15, -0.1) is 0 Å². The molecule has 0 radical (unpaired) electrons. The number of hydrogen-bond acceptors (Lipinski definition) is 3. The van der Waals surface area contributed by atoms with Gasteiger partial charge in [-0.05, 0) is 41.8 Å². The molecule has 3 aromatic heterocycles. The zero-order valence-corrected chi connectivity index (χ0v) is 11.9. The van der Waals surface area contributed by atoms with Crippen LogP contribution in [0.4, 0.5) is 5.82 Å². The summed E-state index contributed by atoms with van der Waals surface area (Å²) in [6.45, 7) is 2.08. The number of imidazole rings is 1. The number of hydrogen-bond donors (Lipinski definition) is 2. The standard InChI is InChI=1S/C16H13N5O/c1-10-2-4-13-12(6-18-20-13)16(10)11-3-5-15-19-14(17-9-22)8-21(15)7-11/h2-9H,1H3,(H,17,22)(H,18,20). The van der Waals surface area contributed by atoms with Gasteiger partial charge in [-0.25, -0.2) is 4.98 Å². The smallest absolute Gasteiger partial charge is 0.212 e. The maximum absolute atomic E-state index is 10.5. The molecule has 1 amide bonds. The first-order valence-electron chi connectivity index (χ1n) is 6.88. The summed E-state index contributed by atoms with van der Waals surface area (Å²) in [6, 6.07) is 8.07. The number of fused-ring (bicyclic) bond motifs is 2. The Kier molecular flexibility index (Phi) is 2.69. The number of H-pyrrole nitrogens is 1. The second kappa shape index (κ2) is 4.70. The van der Waals surface area contributed by atoms with Crippen LogP contribution in [-0.2, 0) is 4.79 Å². The van der Waals surface area contributed by atoms with E-state index in [0.717, 1.165) is 27.7 Å². The fraction of sp³-hybridized carbons (Fsp3) is 0.0625. The average molecular weight is 291 g/mol. The minimum atomic E-state index is 0.533. The van der Waals surface area contributed by atoms with Crippen LogP contribution in [0.15, 0.2) is 42.9 Å². The maximum atomic E-state index is 10.5. The highest BCUT2D eigenvalue weighted by atomic mass is 16.1. The zero-order valence-electron chi connectivity index (χ0n) is 11.9. The van der Waals surface area contributed by atoms with Gasteiger partial charge in [-0.2, -0.15) is 5.10 Å². The maximum Gasteiger partial charge on any atom is 0.212 e. The van der Waals surface area contributed by atoms with Gasteiger partial charge in [0.25, 0.3) is 0 Å². The molecule has 1 aromatic carbocycles. The van der Waals surface area contributed by atoms with Crippen LogP contribution in [0.1, 0.15) is 5.56 Å². The summed E-state index contributed by atoms with van der Waals surface area (Å²) < 4.78 is 1.90. The highest BCUT2D eigenvalue weighted by Gasteiger charge is 2.10. The van der Waals surface area contributed by atoms with E-state index in [-0.39, 0.29) is 0 Å². The Balaban J connectivity index is 1.94. The molecule has 0 saturated heterocycles. The zero-order chi connectivity index (χ0) is 15.1. The molecule has 6 heteroatoms. The van der Waals surface area contributed by atoms with Crippen molar-refractivity contribution in [1.82, 2.24) is 19.6 Å². The minimum Gasteiger partial charge on any atom is -0.312 e. The molecule has 22 heavy (non-hydrogen) atoms. The number of aryl methyl sites for hydroxylation is 1. The van der Waals surface area contributed by atoms with Crippen LogP contribution >= 0.6 is 0 Å². The molecule has 6 nitrogen and oxygen atoms in total. The number of nitrogens with one attached hydrogen (secondary N) is 2. The van der Waals surface area contributed by atoms with Crippen LogP contribution in [-0.4, -0.2) is 26.0 Å². The number of aromatic amines is 1. The Morgan fingerprint density at radius 3 is 3.00 bits per heavy atom. The van der Waals surface area contributed by atoms with Crippen molar-refractivity contribution in [3.05, 3.63) is 48.4 Å². The molecule has 0 fully saturated rings. The van der Waals surface area contributed by atoms with E-state index in [1.54, 1.807) is 6.20 Å². The fourth-order valence-corrected chi connectivity index (χ4v) is 2.78. The van der Waals surface area contributed by atoms with E-state index in [4.69, 9.17) is 0 Å². The number of carbonyl (C=O) groups is 1. The third kappa shape index (κ3) is 1.85. The van der Waals surface area contributed by atoms with Gasteiger partial charge < -0.3 is 9.72 Å². The summed E-state index contributed by atoms with van der Waals surface area (Å²) in [7, 11) is 0. The number of aromatic nitrogens is 4. The van der Waals surface area contributed by atoms with Crippen molar-refractivity contribution in [2.75, 3.05) is 5.32 Å². The molecule has 2 N–H and O–H groups in total. The Hall–Kier alpha value is -3.15. The van der Waals surface area contributed by atoms with E-state index in [0.29, 0.717) is 12.2 Å². The number of pyridine rings is 1. The lowest BCUT2D eigenvalue weighted by atomic mass is 9.98. The van der Waals surface area contributed by atoms with Crippen molar-refractivity contribution in [2.45, 2.75) is 6.92 Å². The lowest BCUT2D eigenvalue weighted by Gasteiger charge is -2.08. The molecule has 0 saturated carbocycles. The Morgan fingerprint density at radius 1 is 1.23 bits per heavy atom. The van der Waals surface area contributed by atoms with Gasteiger partial charge in [0.15, 0.2) is 5.82 Å². The summed E-state index contributed by atoms with van der Waals surface area (Å²) in [5.41, 5.74) is 5.19. The predicted molar refractivity (Wildman–Crippen MR) is 84.7 cm³/mol. The first-order chi connectivity index (χ1) is 10.8. The third-order valence-electron chi connectivity index (χ3n) is 3.78. The van der Waals surface area contributed by atoms with Gasteiger partial charge in [-0.3, -0.25) is 9.89 Å². The summed E-state index contributed by atoms with van der Waals surface area (Å²) in [5.74, 6) is 0.533. The summed E-state index contributed by atoms with van der Waals surface area (Å²) >= 11 is 0. The molecule has 0 bridgehead atoms. The summed E-state index contributed by atoms with van der Waals surface area (Å²) in [4.78, 5) is 14.8. The topological polar surface area (TPSA) is 75.1 Å². The molecule has 4 rings (SSSR count). The molecule has 0 spiro atoms. The normalized spacial score (nSPS) is 11.1. The number of amides is 1. The quantitative estimate of drug-likeness (QED) is 0.570. The van der Waals surface area contributed by atoms with Gasteiger partial charge in [0, 0.05) is 11.6 Å². The van der Waals surface area contributed by atoms with Crippen molar-refractivity contribution in [1.29, 1.82) is 0 Å². The summed E-state index contributed by atoms with van der Waals surface area (Å²) in [6.07, 6.45) is 6.26. The van der Waals surface area contributed by atoms with Crippen LogP contribution in [0.3, 0.4) is 0 Å². The lowest BCUT2D eigenvalue weighted by molar-refractivity contribution is -0.105. The lowest BCUT2D eigenvalue weighted by Crippen LogP contribution is -1.92. The highest BCUT2D eigenvalue weighted by molar-refractivity contribution is 5.96.